The Morgan fingerprint density at radius 1 is 1.10 bits per heavy atom. The second-order valence-corrected chi connectivity index (χ2v) is 7.26. The molecular formula is C15H29N5O. The van der Waals surface area contributed by atoms with Crippen molar-refractivity contribution in [3.63, 3.8) is 0 Å². The van der Waals surface area contributed by atoms with E-state index in [2.05, 4.69) is 55.3 Å². The van der Waals surface area contributed by atoms with Crippen molar-refractivity contribution in [2.75, 3.05) is 23.9 Å². The maximum absolute atomic E-state index is 9.11. The van der Waals surface area contributed by atoms with E-state index in [1.165, 1.54) is 0 Å². The van der Waals surface area contributed by atoms with E-state index in [-0.39, 0.29) is 17.4 Å². The SMILES string of the molecule is Cc1c(NN)nc(C(C)(C)C)nc1NCC(C)(C)CCO. The Morgan fingerprint density at radius 2 is 1.67 bits per heavy atom. The van der Waals surface area contributed by atoms with Crippen LogP contribution < -0.4 is 16.6 Å². The van der Waals surface area contributed by atoms with E-state index in [0.717, 1.165) is 30.2 Å². The van der Waals surface area contributed by atoms with Crippen molar-refractivity contribution in [1.82, 2.24) is 9.97 Å². The molecule has 0 amide bonds. The van der Waals surface area contributed by atoms with E-state index in [0.29, 0.717) is 5.82 Å². The summed E-state index contributed by atoms with van der Waals surface area (Å²) in [5.41, 5.74) is 3.37. The van der Waals surface area contributed by atoms with Crippen LogP contribution in [0.5, 0.6) is 0 Å². The van der Waals surface area contributed by atoms with Crippen molar-refractivity contribution in [2.24, 2.45) is 11.3 Å². The Balaban J connectivity index is 3.06. The Kier molecular flexibility index (Phi) is 5.53. The first-order chi connectivity index (χ1) is 9.60. The summed E-state index contributed by atoms with van der Waals surface area (Å²) in [6.07, 6.45) is 0.734. The molecule has 0 atom stereocenters. The zero-order chi connectivity index (χ0) is 16.3. The third-order valence-electron chi connectivity index (χ3n) is 3.48. The van der Waals surface area contributed by atoms with Gasteiger partial charge < -0.3 is 15.8 Å². The Bertz CT molecular complexity index is 480. The molecule has 0 spiro atoms. The van der Waals surface area contributed by atoms with Crippen molar-refractivity contribution in [3.05, 3.63) is 11.4 Å². The van der Waals surface area contributed by atoms with E-state index in [1.54, 1.807) is 0 Å². The van der Waals surface area contributed by atoms with E-state index in [4.69, 9.17) is 10.9 Å². The van der Waals surface area contributed by atoms with Gasteiger partial charge in [0.15, 0.2) is 0 Å². The van der Waals surface area contributed by atoms with Crippen LogP contribution in [0.2, 0.25) is 0 Å². The molecule has 0 aliphatic rings. The first-order valence-corrected chi connectivity index (χ1v) is 7.31. The summed E-state index contributed by atoms with van der Waals surface area (Å²) in [6, 6.07) is 0. The van der Waals surface area contributed by atoms with Gasteiger partial charge in [-0.2, -0.15) is 0 Å². The summed E-state index contributed by atoms with van der Waals surface area (Å²) in [5.74, 6) is 7.72. The summed E-state index contributed by atoms with van der Waals surface area (Å²) in [4.78, 5) is 9.11. The molecule has 0 unspecified atom stereocenters. The predicted molar refractivity (Wildman–Crippen MR) is 87.3 cm³/mol. The highest BCUT2D eigenvalue weighted by molar-refractivity contribution is 5.57. The van der Waals surface area contributed by atoms with Crippen molar-refractivity contribution in [2.45, 2.75) is 53.4 Å². The van der Waals surface area contributed by atoms with Gasteiger partial charge in [0.2, 0.25) is 0 Å². The van der Waals surface area contributed by atoms with Gasteiger partial charge in [-0.3, -0.25) is 0 Å². The molecule has 1 aromatic heterocycles. The van der Waals surface area contributed by atoms with Crippen LogP contribution >= 0.6 is 0 Å². The van der Waals surface area contributed by atoms with Crippen LogP contribution in [-0.4, -0.2) is 28.2 Å². The summed E-state index contributed by atoms with van der Waals surface area (Å²) in [5, 5.41) is 12.5. The number of aromatic nitrogens is 2. The molecular weight excluding hydrogens is 266 g/mol. The van der Waals surface area contributed by atoms with Gasteiger partial charge >= 0.3 is 0 Å². The van der Waals surface area contributed by atoms with Gasteiger partial charge in [-0.05, 0) is 18.8 Å². The second kappa shape index (κ2) is 6.58. The fourth-order valence-corrected chi connectivity index (χ4v) is 1.88. The number of nitrogens with zero attached hydrogens (tertiary/aromatic N) is 2. The van der Waals surface area contributed by atoms with E-state index in [9.17, 15) is 0 Å². The van der Waals surface area contributed by atoms with Gasteiger partial charge in [0.25, 0.3) is 0 Å². The van der Waals surface area contributed by atoms with Crippen LogP contribution in [0.25, 0.3) is 0 Å². The van der Waals surface area contributed by atoms with Crippen LogP contribution in [-0.2, 0) is 5.41 Å². The minimum Gasteiger partial charge on any atom is -0.396 e. The normalized spacial score (nSPS) is 12.4. The van der Waals surface area contributed by atoms with Gasteiger partial charge in [-0.15, -0.1) is 0 Å². The second-order valence-electron chi connectivity index (χ2n) is 7.26. The molecule has 5 N–H and O–H groups in total. The molecule has 6 heteroatoms. The Hall–Kier alpha value is -1.40. The van der Waals surface area contributed by atoms with Crippen LogP contribution in [0, 0.1) is 12.3 Å². The van der Waals surface area contributed by atoms with Gasteiger partial charge in [-0.1, -0.05) is 34.6 Å². The number of rotatable bonds is 6. The van der Waals surface area contributed by atoms with Gasteiger partial charge in [0.05, 0.1) is 0 Å². The molecule has 0 radical (unpaired) electrons. The van der Waals surface area contributed by atoms with Crippen LogP contribution in [0.4, 0.5) is 11.6 Å². The van der Waals surface area contributed by atoms with Crippen molar-refractivity contribution in [3.8, 4) is 0 Å². The summed E-state index contributed by atoms with van der Waals surface area (Å²) < 4.78 is 0. The smallest absolute Gasteiger partial charge is 0.148 e. The Labute approximate surface area is 127 Å². The van der Waals surface area contributed by atoms with Crippen molar-refractivity contribution < 1.29 is 5.11 Å². The topological polar surface area (TPSA) is 96.1 Å². The molecule has 0 bridgehead atoms. The number of anilines is 2. The van der Waals surface area contributed by atoms with Crippen LogP contribution in [0.3, 0.4) is 0 Å². The van der Waals surface area contributed by atoms with E-state index < -0.39 is 0 Å². The largest absolute Gasteiger partial charge is 0.396 e. The lowest BCUT2D eigenvalue weighted by Crippen LogP contribution is -2.27. The number of hydrazine groups is 1. The number of hydrogen-bond acceptors (Lipinski definition) is 6. The molecule has 0 fully saturated rings. The highest BCUT2D eigenvalue weighted by Gasteiger charge is 2.22. The zero-order valence-corrected chi connectivity index (χ0v) is 14.0. The van der Waals surface area contributed by atoms with E-state index >= 15 is 0 Å². The van der Waals surface area contributed by atoms with Crippen molar-refractivity contribution in [1.29, 1.82) is 0 Å². The molecule has 1 rings (SSSR count). The molecule has 0 aliphatic heterocycles. The highest BCUT2D eigenvalue weighted by atomic mass is 16.3. The molecule has 0 saturated carbocycles. The monoisotopic (exact) mass is 295 g/mol. The number of nitrogens with one attached hydrogen (secondary N) is 2. The molecule has 6 nitrogen and oxygen atoms in total. The average Bonchev–Trinajstić information content (AvgIpc) is 2.36. The van der Waals surface area contributed by atoms with Crippen molar-refractivity contribution >= 4 is 11.6 Å². The van der Waals surface area contributed by atoms with Crippen LogP contribution in [0.1, 0.15) is 52.4 Å². The quantitative estimate of drug-likeness (QED) is 0.474. The first-order valence-electron chi connectivity index (χ1n) is 7.31. The lowest BCUT2D eigenvalue weighted by molar-refractivity contribution is 0.220. The average molecular weight is 295 g/mol. The van der Waals surface area contributed by atoms with Gasteiger partial charge in [0, 0.05) is 24.1 Å². The molecule has 120 valence electrons. The fraction of sp³-hybridized carbons (Fsp3) is 0.733. The first kappa shape index (κ1) is 17.7. The van der Waals surface area contributed by atoms with Gasteiger partial charge in [-0.25, -0.2) is 15.8 Å². The Morgan fingerprint density at radius 3 is 2.14 bits per heavy atom. The summed E-state index contributed by atoms with van der Waals surface area (Å²) in [7, 11) is 0. The molecule has 21 heavy (non-hydrogen) atoms. The molecule has 1 aromatic rings. The molecule has 0 saturated heterocycles. The number of nitrogens with two attached hydrogens (primary N) is 1. The predicted octanol–water partition coefficient (Wildman–Crippen LogP) is 2.19. The minimum absolute atomic E-state index is 0.00958. The molecule has 0 aromatic carbocycles. The standard InChI is InChI=1S/C15H29N5O/c1-10-11(17-9-15(5,6)7-8-21)18-13(14(2,3)4)19-12(10)20-16/h21H,7-9,16H2,1-6H3,(H2,17,18,19,20). The summed E-state index contributed by atoms with van der Waals surface area (Å²) >= 11 is 0. The third-order valence-corrected chi connectivity index (χ3v) is 3.48. The molecule has 1 heterocycles. The number of aliphatic hydroxyl groups is 1. The van der Waals surface area contributed by atoms with Gasteiger partial charge in [0.1, 0.15) is 17.5 Å². The number of nitrogen functional groups attached to an aromatic ring is 1. The van der Waals surface area contributed by atoms with Crippen LogP contribution in [0.15, 0.2) is 0 Å². The third kappa shape index (κ3) is 4.82. The summed E-state index contributed by atoms with van der Waals surface area (Å²) in [6.45, 7) is 13.3. The number of hydrogen-bond donors (Lipinski definition) is 4. The fourth-order valence-electron chi connectivity index (χ4n) is 1.88. The molecule has 0 aliphatic carbocycles. The van der Waals surface area contributed by atoms with E-state index in [1.807, 2.05) is 6.92 Å². The maximum atomic E-state index is 9.11. The minimum atomic E-state index is -0.156. The lowest BCUT2D eigenvalue weighted by atomic mass is 9.90. The zero-order valence-electron chi connectivity index (χ0n) is 14.0. The number of aliphatic hydroxyl groups excluding tert-OH is 1. The lowest BCUT2D eigenvalue weighted by Gasteiger charge is -2.26. The maximum Gasteiger partial charge on any atom is 0.148 e. The highest BCUT2D eigenvalue weighted by Crippen LogP contribution is 2.27.